The molecule has 3 aromatic rings. The predicted molar refractivity (Wildman–Crippen MR) is 126 cm³/mol. The monoisotopic (exact) mass is 462 g/mol. The summed E-state index contributed by atoms with van der Waals surface area (Å²) in [6.45, 7) is 3.62. The largest absolute Gasteiger partial charge is 0.493 e. The van der Waals surface area contributed by atoms with Gasteiger partial charge in [-0.1, -0.05) is 18.2 Å². The molecule has 0 bridgehead atoms. The van der Waals surface area contributed by atoms with Crippen LogP contribution in [0.1, 0.15) is 25.5 Å². The molecule has 1 aliphatic heterocycles. The van der Waals surface area contributed by atoms with Crippen molar-refractivity contribution in [3.63, 3.8) is 0 Å². The second-order valence-corrected chi connectivity index (χ2v) is 7.57. The van der Waals surface area contributed by atoms with E-state index in [4.69, 9.17) is 19.3 Å². The molecular weight excluding hydrogens is 436 g/mol. The summed E-state index contributed by atoms with van der Waals surface area (Å²) in [5.41, 5.74) is 3.51. The van der Waals surface area contributed by atoms with Gasteiger partial charge < -0.3 is 24.8 Å². The second kappa shape index (κ2) is 9.70. The Bertz CT molecular complexity index is 1250. The van der Waals surface area contributed by atoms with Gasteiger partial charge in [0, 0.05) is 23.0 Å². The van der Waals surface area contributed by atoms with Gasteiger partial charge in [0.1, 0.15) is 0 Å². The number of carbonyl (C=O) groups excluding carboxylic acids is 2. The highest BCUT2D eigenvalue weighted by molar-refractivity contribution is 5.95. The Labute approximate surface area is 197 Å². The number of nitrogens with zero attached hydrogens (tertiary/aromatic N) is 2. The Morgan fingerprint density at radius 1 is 1.09 bits per heavy atom. The number of esters is 1. The molecule has 176 valence electrons. The van der Waals surface area contributed by atoms with Gasteiger partial charge >= 0.3 is 12.0 Å². The van der Waals surface area contributed by atoms with Gasteiger partial charge in [-0.2, -0.15) is 5.10 Å². The van der Waals surface area contributed by atoms with Crippen LogP contribution in [-0.2, 0) is 9.53 Å². The molecule has 2 heterocycles. The predicted octanol–water partition coefficient (Wildman–Crippen LogP) is 3.75. The number of carbonyl (C=O) groups is 2. The van der Waals surface area contributed by atoms with Crippen LogP contribution in [0.25, 0.3) is 16.9 Å². The molecule has 9 heteroatoms. The van der Waals surface area contributed by atoms with Gasteiger partial charge in [-0.25, -0.2) is 14.3 Å². The number of urea groups is 1. The third-order valence-electron chi connectivity index (χ3n) is 5.50. The molecule has 0 spiro atoms. The number of benzene rings is 2. The first-order chi connectivity index (χ1) is 16.5. The first-order valence-electron chi connectivity index (χ1n) is 10.8. The van der Waals surface area contributed by atoms with E-state index < -0.39 is 18.0 Å². The minimum atomic E-state index is -0.770. The molecule has 4 rings (SSSR count). The summed E-state index contributed by atoms with van der Waals surface area (Å²) >= 11 is 0. The molecule has 2 N–H and O–H groups in total. The van der Waals surface area contributed by atoms with Crippen molar-refractivity contribution in [3.05, 3.63) is 71.6 Å². The molecule has 1 aliphatic rings. The topological polar surface area (TPSA) is 104 Å². The average molecular weight is 463 g/mol. The minimum Gasteiger partial charge on any atom is -0.493 e. The number of hydrogen-bond donors (Lipinski definition) is 2. The fraction of sp³-hybridized carbons (Fsp3) is 0.240. The Kier molecular flexibility index (Phi) is 6.53. The summed E-state index contributed by atoms with van der Waals surface area (Å²) in [6, 6.07) is 13.8. The zero-order valence-corrected chi connectivity index (χ0v) is 19.4. The van der Waals surface area contributed by atoms with Crippen molar-refractivity contribution in [3.8, 4) is 28.4 Å². The molecule has 0 unspecified atom stereocenters. The zero-order chi connectivity index (χ0) is 24.2. The van der Waals surface area contributed by atoms with E-state index >= 15 is 0 Å². The number of hydrogen-bond acceptors (Lipinski definition) is 6. The van der Waals surface area contributed by atoms with Gasteiger partial charge in [0.25, 0.3) is 0 Å². The van der Waals surface area contributed by atoms with Crippen LogP contribution in [0.4, 0.5) is 4.79 Å². The van der Waals surface area contributed by atoms with E-state index in [9.17, 15) is 9.59 Å². The molecule has 2 amide bonds. The number of para-hydroxylation sites is 1. The molecule has 0 saturated carbocycles. The normalized spacial score (nSPS) is 15.4. The molecule has 0 saturated heterocycles. The molecule has 1 atom stereocenters. The molecule has 2 aromatic carbocycles. The SMILES string of the molecule is CCOC(=O)C1=C(C)NC(=O)N[C@H]1c1cn(-c2ccccc2)nc1-c1ccc(OC)c(OC)c1. The quantitative estimate of drug-likeness (QED) is 0.519. The van der Waals surface area contributed by atoms with Crippen LogP contribution in [0.2, 0.25) is 0 Å². The smallest absolute Gasteiger partial charge is 0.338 e. The second-order valence-electron chi connectivity index (χ2n) is 7.57. The highest BCUT2D eigenvalue weighted by Crippen LogP contribution is 2.38. The lowest BCUT2D eigenvalue weighted by atomic mass is 9.93. The summed E-state index contributed by atoms with van der Waals surface area (Å²) in [7, 11) is 3.12. The highest BCUT2D eigenvalue weighted by Gasteiger charge is 2.35. The Morgan fingerprint density at radius 3 is 2.50 bits per heavy atom. The average Bonchev–Trinajstić information content (AvgIpc) is 3.29. The first kappa shape index (κ1) is 22.9. The number of amides is 2. The molecular formula is C25H26N4O5. The molecule has 0 fully saturated rings. The van der Waals surface area contributed by atoms with Crippen LogP contribution in [-0.4, -0.2) is 42.6 Å². The number of allylic oxidation sites excluding steroid dienone is 1. The molecule has 34 heavy (non-hydrogen) atoms. The van der Waals surface area contributed by atoms with Gasteiger partial charge in [-0.05, 0) is 44.2 Å². The van der Waals surface area contributed by atoms with E-state index in [1.54, 1.807) is 38.8 Å². The number of methoxy groups -OCH3 is 2. The van der Waals surface area contributed by atoms with Gasteiger partial charge in [0.2, 0.25) is 0 Å². The summed E-state index contributed by atoms with van der Waals surface area (Å²) in [4.78, 5) is 25.3. The van der Waals surface area contributed by atoms with Crippen molar-refractivity contribution in [1.29, 1.82) is 0 Å². The third kappa shape index (κ3) is 4.32. The van der Waals surface area contributed by atoms with Crippen molar-refractivity contribution in [2.24, 2.45) is 0 Å². The zero-order valence-electron chi connectivity index (χ0n) is 19.4. The van der Waals surface area contributed by atoms with Gasteiger partial charge in [0.15, 0.2) is 11.5 Å². The maximum atomic E-state index is 12.9. The van der Waals surface area contributed by atoms with Crippen LogP contribution >= 0.6 is 0 Å². The summed E-state index contributed by atoms with van der Waals surface area (Å²) in [5.74, 6) is 0.600. The maximum Gasteiger partial charge on any atom is 0.338 e. The maximum absolute atomic E-state index is 12.9. The third-order valence-corrected chi connectivity index (χ3v) is 5.50. The Balaban J connectivity index is 1.92. The van der Waals surface area contributed by atoms with E-state index in [2.05, 4.69) is 10.6 Å². The highest BCUT2D eigenvalue weighted by atomic mass is 16.5. The Hall–Kier alpha value is -4.27. The van der Waals surface area contributed by atoms with E-state index in [0.717, 1.165) is 11.3 Å². The van der Waals surface area contributed by atoms with E-state index in [1.165, 1.54) is 0 Å². The van der Waals surface area contributed by atoms with Crippen LogP contribution in [0.15, 0.2) is 66.0 Å². The first-order valence-corrected chi connectivity index (χ1v) is 10.8. The van der Waals surface area contributed by atoms with Gasteiger partial charge in [-0.15, -0.1) is 0 Å². The number of rotatable bonds is 7. The standard InChI is InChI=1S/C25H26N4O5/c1-5-34-24(30)21-15(2)26-25(31)27-23(21)18-14-29(17-9-7-6-8-10-17)28-22(18)16-11-12-19(32-3)20(13-16)33-4/h6-14,23H,5H2,1-4H3,(H2,26,27,31)/t23-/m0/s1. The van der Waals surface area contributed by atoms with Gasteiger partial charge in [0.05, 0.1) is 43.8 Å². The molecule has 9 nitrogen and oxygen atoms in total. The van der Waals surface area contributed by atoms with Gasteiger partial charge in [-0.3, -0.25) is 0 Å². The molecule has 0 radical (unpaired) electrons. The van der Waals surface area contributed by atoms with Crippen molar-refractivity contribution in [2.75, 3.05) is 20.8 Å². The van der Waals surface area contributed by atoms with Crippen LogP contribution in [0, 0.1) is 0 Å². The lowest BCUT2D eigenvalue weighted by Gasteiger charge is -2.27. The lowest BCUT2D eigenvalue weighted by molar-refractivity contribution is -0.139. The lowest BCUT2D eigenvalue weighted by Crippen LogP contribution is -2.45. The van der Waals surface area contributed by atoms with Crippen molar-refractivity contribution in [1.82, 2.24) is 20.4 Å². The summed E-state index contributed by atoms with van der Waals surface area (Å²) < 4.78 is 17.9. The number of nitrogens with one attached hydrogen (secondary N) is 2. The fourth-order valence-electron chi connectivity index (χ4n) is 3.93. The molecule has 1 aromatic heterocycles. The van der Waals surface area contributed by atoms with Crippen LogP contribution < -0.4 is 20.1 Å². The number of ether oxygens (including phenoxy) is 3. The van der Waals surface area contributed by atoms with E-state index in [0.29, 0.717) is 34.0 Å². The summed E-state index contributed by atoms with van der Waals surface area (Å²) in [5, 5.41) is 10.3. The van der Waals surface area contributed by atoms with Crippen LogP contribution in [0.3, 0.4) is 0 Å². The molecule has 0 aliphatic carbocycles. The van der Waals surface area contributed by atoms with E-state index in [-0.39, 0.29) is 6.61 Å². The van der Waals surface area contributed by atoms with Crippen molar-refractivity contribution < 1.29 is 23.8 Å². The fourth-order valence-corrected chi connectivity index (χ4v) is 3.93. The minimum absolute atomic E-state index is 0.210. The number of aromatic nitrogens is 2. The van der Waals surface area contributed by atoms with Crippen molar-refractivity contribution >= 4 is 12.0 Å². The van der Waals surface area contributed by atoms with Crippen LogP contribution in [0.5, 0.6) is 11.5 Å². The summed E-state index contributed by atoms with van der Waals surface area (Å²) in [6.07, 6.45) is 1.81. The Morgan fingerprint density at radius 2 is 1.82 bits per heavy atom. The van der Waals surface area contributed by atoms with Crippen molar-refractivity contribution in [2.45, 2.75) is 19.9 Å². The van der Waals surface area contributed by atoms with E-state index in [1.807, 2.05) is 48.7 Å².